The van der Waals surface area contributed by atoms with Crippen LogP contribution in [0.15, 0.2) is 40.8 Å². The fourth-order valence-corrected chi connectivity index (χ4v) is 4.61. The predicted octanol–water partition coefficient (Wildman–Crippen LogP) is 4.48. The first-order valence-corrected chi connectivity index (χ1v) is 12.2. The number of anilines is 1. The summed E-state index contributed by atoms with van der Waals surface area (Å²) in [5.41, 5.74) is 3.81. The molecule has 0 bridgehead atoms. The summed E-state index contributed by atoms with van der Waals surface area (Å²) in [7, 11) is 3.95. The maximum absolute atomic E-state index is 13.1. The fourth-order valence-electron chi connectivity index (χ4n) is 4.61. The summed E-state index contributed by atoms with van der Waals surface area (Å²) in [6.45, 7) is 7.81. The first kappa shape index (κ1) is 24.7. The number of imidazole rings is 1. The van der Waals surface area contributed by atoms with E-state index >= 15 is 0 Å². The Bertz CT molecular complexity index is 1230. The van der Waals surface area contributed by atoms with E-state index in [-0.39, 0.29) is 23.6 Å². The van der Waals surface area contributed by atoms with Crippen molar-refractivity contribution >= 4 is 28.8 Å². The minimum atomic E-state index is -0.330. The summed E-state index contributed by atoms with van der Waals surface area (Å²) >= 11 is 0. The minimum absolute atomic E-state index is 0.00910. The van der Waals surface area contributed by atoms with Crippen LogP contribution in [0, 0.1) is 20.8 Å². The van der Waals surface area contributed by atoms with Crippen molar-refractivity contribution in [3.63, 3.8) is 0 Å². The van der Waals surface area contributed by atoms with Gasteiger partial charge in [0.1, 0.15) is 5.76 Å². The highest BCUT2D eigenvalue weighted by Crippen LogP contribution is 2.32. The normalized spacial score (nSPS) is 16.9. The molecule has 186 valence electrons. The highest BCUT2D eigenvalue weighted by atomic mass is 16.3. The molecule has 2 amide bonds. The zero-order valence-corrected chi connectivity index (χ0v) is 21.3. The van der Waals surface area contributed by atoms with Gasteiger partial charge in [-0.25, -0.2) is 4.98 Å². The number of likely N-dealkylation sites (N-methyl/N-ethyl adjacent to an activating group) is 1. The number of carbonyl (C=O) groups is 2. The van der Waals surface area contributed by atoms with Crippen LogP contribution < -0.4 is 5.32 Å². The van der Waals surface area contributed by atoms with Crippen molar-refractivity contribution in [2.75, 3.05) is 39.0 Å². The third-order valence-electron chi connectivity index (χ3n) is 6.58. The summed E-state index contributed by atoms with van der Waals surface area (Å²) in [6, 6.07) is 7.71. The Kier molecular flexibility index (Phi) is 7.40. The number of furan rings is 1. The van der Waals surface area contributed by atoms with Crippen LogP contribution in [0.2, 0.25) is 0 Å². The number of amides is 2. The van der Waals surface area contributed by atoms with Crippen LogP contribution in [-0.4, -0.2) is 64.9 Å². The largest absolute Gasteiger partial charge is 0.456 e. The first-order chi connectivity index (χ1) is 16.7. The zero-order valence-electron chi connectivity index (χ0n) is 21.3. The molecule has 2 aromatic heterocycles. The van der Waals surface area contributed by atoms with Gasteiger partial charge in [0.15, 0.2) is 5.76 Å². The molecule has 1 atom stereocenters. The van der Waals surface area contributed by atoms with E-state index < -0.39 is 0 Å². The second-order valence-corrected chi connectivity index (χ2v) is 9.65. The zero-order chi connectivity index (χ0) is 25.1. The lowest BCUT2D eigenvalue weighted by Gasteiger charge is -2.26. The van der Waals surface area contributed by atoms with Gasteiger partial charge in [0.05, 0.1) is 17.1 Å². The number of hydrogen-bond acceptors (Lipinski definition) is 5. The van der Waals surface area contributed by atoms with E-state index in [1.807, 2.05) is 56.0 Å². The number of fused-ring (bicyclic) bond motifs is 1. The second kappa shape index (κ2) is 10.5. The molecule has 35 heavy (non-hydrogen) atoms. The number of para-hydroxylation sites is 1. The maximum atomic E-state index is 13.1. The van der Waals surface area contributed by atoms with Gasteiger partial charge in [-0.3, -0.25) is 14.9 Å². The summed E-state index contributed by atoms with van der Waals surface area (Å²) < 4.78 is 7.75. The van der Waals surface area contributed by atoms with Gasteiger partial charge in [-0.05, 0) is 77.4 Å². The van der Waals surface area contributed by atoms with Crippen molar-refractivity contribution in [1.29, 1.82) is 0 Å². The molecule has 1 fully saturated rings. The van der Waals surface area contributed by atoms with Crippen LogP contribution in [0.4, 0.5) is 5.95 Å². The Morgan fingerprint density at radius 1 is 1.20 bits per heavy atom. The quantitative estimate of drug-likeness (QED) is 0.530. The predicted molar refractivity (Wildman–Crippen MR) is 138 cm³/mol. The lowest BCUT2D eigenvalue weighted by molar-refractivity contribution is -0.126. The first-order valence-electron chi connectivity index (χ1n) is 12.2. The van der Waals surface area contributed by atoms with Crippen LogP contribution in [-0.2, 0) is 4.79 Å². The van der Waals surface area contributed by atoms with Gasteiger partial charge in [0.2, 0.25) is 11.9 Å². The van der Waals surface area contributed by atoms with Crippen LogP contribution in [0.1, 0.15) is 52.7 Å². The highest BCUT2D eigenvalue weighted by Gasteiger charge is 2.27. The van der Waals surface area contributed by atoms with E-state index in [0.29, 0.717) is 12.5 Å². The Morgan fingerprint density at radius 3 is 2.71 bits per heavy atom. The molecular formula is C27H35N5O3. The monoisotopic (exact) mass is 477 g/mol. The molecular weight excluding hydrogens is 442 g/mol. The molecule has 1 N–H and O–H groups in total. The van der Waals surface area contributed by atoms with Gasteiger partial charge in [0.25, 0.3) is 5.91 Å². The van der Waals surface area contributed by atoms with E-state index in [1.165, 1.54) is 0 Å². The van der Waals surface area contributed by atoms with E-state index in [0.717, 1.165) is 60.3 Å². The fraction of sp³-hybridized carbons (Fsp3) is 0.444. The number of nitrogens with zero attached hydrogens (tertiary/aromatic N) is 4. The van der Waals surface area contributed by atoms with Gasteiger partial charge in [0, 0.05) is 25.7 Å². The molecule has 0 spiro atoms. The molecule has 1 aliphatic heterocycles. The SMILES string of the molecule is Cc1cc(C(=O)Nc2nc3cccc(C)c3n2C2CCCCN(C(=O)C=CCN(C)C)C2)oc1C. The van der Waals surface area contributed by atoms with Crippen molar-refractivity contribution < 1.29 is 14.0 Å². The van der Waals surface area contributed by atoms with Crippen molar-refractivity contribution in [3.8, 4) is 0 Å². The topological polar surface area (TPSA) is 83.6 Å². The standard InChI is InChI=1S/C27H35N5O3/c1-18-10-8-12-22-25(18)32(27(28-22)29-26(34)23-16-19(2)20(3)35-23)21-11-6-7-15-31(17-21)24(33)13-9-14-30(4)5/h8-10,12-13,16,21H,6-7,11,14-15,17H2,1-5H3,(H,28,29,34). The highest BCUT2D eigenvalue weighted by molar-refractivity contribution is 6.02. The molecule has 1 saturated heterocycles. The van der Waals surface area contributed by atoms with Gasteiger partial charge in [-0.15, -0.1) is 0 Å². The molecule has 3 aromatic rings. The van der Waals surface area contributed by atoms with Crippen LogP contribution >= 0.6 is 0 Å². The number of hydrogen-bond donors (Lipinski definition) is 1. The molecule has 8 nitrogen and oxygen atoms in total. The Morgan fingerprint density at radius 2 is 2.00 bits per heavy atom. The van der Waals surface area contributed by atoms with Gasteiger partial charge in [-0.2, -0.15) is 0 Å². The number of aromatic nitrogens is 2. The van der Waals surface area contributed by atoms with E-state index in [4.69, 9.17) is 9.40 Å². The van der Waals surface area contributed by atoms with Gasteiger partial charge in [-0.1, -0.05) is 18.2 Å². The molecule has 1 aliphatic rings. The van der Waals surface area contributed by atoms with Crippen LogP contribution in [0.3, 0.4) is 0 Å². The average Bonchev–Trinajstić information content (AvgIpc) is 3.23. The van der Waals surface area contributed by atoms with Crippen molar-refractivity contribution in [2.24, 2.45) is 0 Å². The van der Waals surface area contributed by atoms with Crippen LogP contribution in [0.25, 0.3) is 11.0 Å². The van der Waals surface area contributed by atoms with Crippen LogP contribution in [0.5, 0.6) is 0 Å². The summed E-state index contributed by atoms with van der Waals surface area (Å²) in [6.07, 6.45) is 6.40. The van der Waals surface area contributed by atoms with Crippen molar-refractivity contribution in [2.45, 2.75) is 46.1 Å². The smallest absolute Gasteiger partial charge is 0.293 e. The third kappa shape index (κ3) is 5.48. The number of nitrogens with one attached hydrogen (secondary N) is 1. The number of rotatable bonds is 6. The average molecular weight is 478 g/mol. The lowest BCUT2D eigenvalue weighted by atomic mass is 10.1. The molecule has 1 unspecified atom stereocenters. The molecule has 0 saturated carbocycles. The summed E-state index contributed by atoms with van der Waals surface area (Å²) in [5.74, 6) is 1.16. The number of aryl methyl sites for hydroxylation is 3. The molecule has 0 aliphatic carbocycles. The number of carbonyl (C=O) groups excluding carboxylic acids is 2. The maximum Gasteiger partial charge on any atom is 0.293 e. The van der Waals surface area contributed by atoms with E-state index in [1.54, 1.807) is 12.1 Å². The molecule has 3 heterocycles. The number of benzene rings is 1. The lowest BCUT2D eigenvalue weighted by Crippen LogP contribution is -2.34. The van der Waals surface area contributed by atoms with Crippen molar-refractivity contribution in [1.82, 2.24) is 19.4 Å². The van der Waals surface area contributed by atoms with Crippen molar-refractivity contribution in [3.05, 3.63) is 59.1 Å². The second-order valence-electron chi connectivity index (χ2n) is 9.65. The Hall–Kier alpha value is -3.39. The van der Waals surface area contributed by atoms with E-state index in [2.05, 4.69) is 22.9 Å². The number of likely N-dealkylation sites (tertiary alicyclic amines) is 1. The molecule has 4 rings (SSSR count). The van der Waals surface area contributed by atoms with Gasteiger partial charge >= 0.3 is 0 Å². The third-order valence-corrected chi connectivity index (χ3v) is 6.58. The minimum Gasteiger partial charge on any atom is -0.456 e. The Labute approximate surface area is 206 Å². The van der Waals surface area contributed by atoms with E-state index in [9.17, 15) is 9.59 Å². The Balaban J connectivity index is 1.67. The molecule has 8 heteroatoms. The van der Waals surface area contributed by atoms with Gasteiger partial charge < -0.3 is 18.8 Å². The summed E-state index contributed by atoms with van der Waals surface area (Å²) in [4.78, 5) is 34.7. The molecule has 1 aromatic carbocycles. The molecule has 0 radical (unpaired) electrons. The summed E-state index contributed by atoms with van der Waals surface area (Å²) in [5, 5.41) is 2.99.